The molecule has 23 heavy (non-hydrogen) atoms. The molecular weight excluding hydrogens is 360 g/mol. The minimum absolute atomic E-state index is 0.0334. The van der Waals surface area contributed by atoms with E-state index in [2.05, 4.69) is 10.0 Å². The quantitative estimate of drug-likeness (QED) is 0.744. The fraction of sp³-hybridized carbons (Fsp3) is 0.462. The number of anilines is 1. The van der Waals surface area contributed by atoms with Crippen molar-refractivity contribution in [2.45, 2.75) is 16.6 Å². The van der Waals surface area contributed by atoms with Crippen LogP contribution in [0.1, 0.15) is 6.42 Å². The van der Waals surface area contributed by atoms with Crippen LogP contribution < -0.4 is 10.0 Å². The van der Waals surface area contributed by atoms with Gasteiger partial charge in [0.2, 0.25) is 15.9 Å². The van der Waals surface area contributed by atoms with Crippen molar-refractivity contribution in [2.24, 2.45) is 0 Å². The van der Waals surface area contributed by atoms with Gasteiger partial charge in [0.25, 0.3) is 0 Å². The van der Waals surface area contributed by atoms with Crippen molar-refractivity contribution in [3.8, 4) is 0 Å². The lowest BCUT2D eigenvalue weighted by atomic mass is 10.3. The first kappa shape index (κ1) is 18.2. The van der Waals surface area contributed by atoms with E-state index in [0.29, 0.717) is 12.1 Å². The van der Waals surface area contributed by atoms with Crippen LogP contribution in [0.4, 0.5) is 5.69 Å². The number of nitrogens with one attached hydrogen (secondary N) is 2. The number of hydrogen-bond donors (Lipinski definition) is 2. The highest BCUT2D eigenvalue weighted by molar-refractivity contribution is 8.02. The van der Waals surface area contributed by atoms with Gasteiger partial charge in [-0.15, -0.1) is 11.8 Å². The van der Waals surface area contributed by atoms with E-state index in [-0.39, 0.29) is 33.3 Å². The van der Waals surface area contributed by atoms with Gasteiger partial charge in [0.15, 0.2) is 9.84 Å². The zero-order valence-electron chi connectivity index (χ0n) is 12.5. The maximum absolute atomic E-state index is 11.9. The van der Waals surface area contributed by atoms with Gasteiger partial charge in [-0.3, -0.25) is 4.79 Å². The Kier molecular flexibility index (Phi) is 5.71. The molecular formula is C13H18N2O5S3. The number of carbonyl (C=O) groups is 1. The molecule has 0 radical (unpaired) electrons. The van der Waals surface area contributed by atoms with Gasteiger partial charge in [-0.1, -0.05) is 0 Å². The van der Waals surface area contributed by atoms with E-state index < -0.39 is 19.9 Å². The zero-order chi connectivity index (χ0) is 17.1. The molecule has 0 aromatic heterocycles. The summed E-state index contributed by atoms with van der Waals surface area (Å²) < 4.78 is 48.1. The van der Waals surface area contributed by atoms with Crippen molar-refractivity contribution in [1.29, 1.82) is 0 Å². The lowest BCUT2D eigenvalue weighted by molar-refractivity contribution is -0.113. The second kappa shape index (κ2) is 7.20. The minimum Gasteiger partial charge on any atom is -0.325 e. The van der Waals surface area contributed by atoms with Crippen molar-refractivity contribution in [1.82, 2.24) is 4.72 Å². The Bertz CT molecular complexity index is 772. The topological polar surface area (TPSA) is 109 Å². The third-order valence-electron chi connectivity index (χ3n) is 3.36. The summed E-state index contributed by atoms with van der Waals surface area (Å²) in [7, 11) is -5.11. The molecule has 1 aromatic carbocycles. The highest BCUT2D eigenvalue weighted by atomic mass is 32.2. The van der Waals surface area contributed by atoms with Gasteiger partial charge in [0.05, 0.1) is 22.2 Å². The van der Waals surface area contributed by atoms with E-state index in [1.54, 1.807) is 0 Å². The molecule has 1 aliphatic heterocycles. The highest BCUT2D eigenvalue weighted by Gasteiger charge is 2.28. The highest BCUT2D eigenvalue weighted by Crippen LogP contribution is 2.24. The van der Waals surface area contributed by atoms with E-state index >= 15 is 0 Å². The molecule has 1 atom stereocenters. The number of carbonyl (C=O) groups excluding carboxylic acids is 1. The molecule has 2 rings (SSSR count). The predicted octanol–water partition coefficient (Wildman–Crippen LogP) is 0.453. The molecule has 0 spiro atoms. The number of benzene rings is 1. The first-order chi connectivity index (χ1) is 10.7. The lowest BCUT2D eigenvalue weighted by Crippen LogP contribution is -2.19. The molecule has 0 aliphatic carbocycles. The molecule has 0 saturated carbocycles. The van der Waals surface area contributed by atoms with Crippen LogP contribution in [0.3, 0.4) is 0 Å². The average molecular weight is 378 g/mol. The number of sulfone groups is 1. The Morgan fingerprint density at radius 3 is 2.48 bits per heavy atom. The first-order valence-electron chi connectivity index (χ1n) is 6.87. The maximum atomic E-state index is 11.9. The van der Waals surface area contributed by atoms with Gasteiger partial charge in [-0.05, 0) is 37.7 Å². The van der Waals surface area contributed by atoms with E-state index in [1.807, 2.05) is 0 Å². The molecule has 7 nitrogen and oxygen atoms in total. The van der Waals surface area contributed by atoms with Crippen LogP contribution in [-0.2, 0) is 24.7 Å². The molecule has 1 heterocycles. The summed E-state index contributed by atoms with van der Waals surface area (Å²) in [6, 6.07) is 5.82. The Labute approximate surface area is 140 Å². The summed E-state index contributed by atoms with van der Waals surface area (Å²) in [5.74, 6) is 0.231. The lowest BCUT2D eigenvalue weighted by Gasteiger charge is -2.09. The molecule has 1 fully saturated rings. The van der Waals surface area contributed by atoms with Crippen LogP contribution in [0.25, 0.3) is 0 Å². The third-order valence-corrected chi connectivity index (χ3v) is 8.07. The summed E-state index contributed by atoms with van der Waals surface area (Å²) in [5.41, 5.74) is 0.490. The molecule has 0 unspecified atom stereocenters. The number of amides is 1. The van der Waals surface area contributed by atoms with E-state index in [0.717, 1.165) is 0 Å². The fourth-order valence-electron chi connectivity index (χ4n) is 2.12. The largest absolute Gasteiger partial charge is 0.325 e. The first-order valence-corrected chi connectivity index (χ1v) is 11.2. The normalized spacial score (nSPS) is 20.3. The van der Waals surface area contributed by atoms with Gasteiger partial charge in [-0.25, -0.2) is 21.6 Å². The van der Waals surface area contributed by atoms with Crippen molar-refractivity contribution in [3.05, 3.63) is 24.3 Å². The maximum Gasteiger partial charge on any atom is 0.240 e. The van der Waals surface area contributed by atoms with Gasteiger partial charge in [0, 0.05) is 10.9 Å². The number of hydrogen-bond acceptors (Lipinski definition) is 6. The molecule has 0 bridgehead atoms. The second-order valence-corrected chi connectivity index (χ2v) is 10.5. The van der Waals surface area contributed by atoms with Crippen LogP contribution in [0.5, 0.6) is 0 Å². The molecule has 1 amide bonds. The molecule has 1 aliphatic rings. The summed E-state index contributed by atoms with van der Waals surface area (Å²) in [6.07, 6.45) is 0.580. The summed E-state index contributed by atoms with van der Waals surface area (Å²) in [5, 5.41) is 2.63. The summed E-state index contributed by atoms with van der Waals surface area (Å²) >= 11 is 1.33. The monoisotopic (exact) mass is 378 g/mol. The molecule has 1 aromatic rings. The van der Waals surface area contributed by atoms with Gasteiger partial charge in [0.1, 0.15) is 0 Å². The van der Waals surface area contributed by atoms with Gasteiger partial charge < -0.3 is 5.32 Å². The van der Waals surface area contributed by atoms with E-state index in [4.69, 9.17) is 0 Å². The Balaban J connectivity index is 1.86. The van der Waals surface area contributed by atoms with Gasteiger partial charge >= 0.3 is 0 Å². The van der Waals surface area contributed by atoms with Crippen LogP contribution in [0, 0.1) is 0 Å². The fourth-order valence-corrected chi connectivity index (χ4v) is 6.29. The average Bonchev–Trinajstić information content (AvgIpc) is 2.85. The van der Waals surface area contributed by atoms with E-state index in [1.165, 1.54) is 43.1 Å². The Morgan fingerprint density at radius 1 is 1.30 bits per heavy atom. The van der Waals surface area contributed by atoms with Crippen LogP contribution in [-0.4, -0.2) is 52.3 Å². The van der Waals surface area contributed by atoms with Gasteiger partial charge in [-0.2, -0.15) is 0 Å². The third kappa shape index (κ3) is 5.20. The van der Waals surface area contributed by atoms with Crippen molar-refractivity contribution < 1.29 is 21.6 Å². The minimum atomic E-state index is -3.50. The molecule has 128 valence electrons. The molecule has 1 saturated heterocycles. The molecule has 10 heteroatoms. The van der Waals surface area contributed by atoms with Crippen molar-refractivity contribution in [3.63, 3.8) is 0 Å². The van der Waals surface area contributed by atoms with Crippen molar-refractivity contribution >= 4 is 43.2 Å². The number of thioether (sulfide) groups is 1. The van der Waals surface area contributed by atoms with Crippen molar-refractivity contribution in [2.75, 3.05) is 29.6 Å². The Morgan fingerprint density at radius 2 is 1.96 bits per heavy atom. The number of rotatable bonds is 6. The van der Waals surface area contributed by atoms with Crippen LogP contribution in [0.15, 0.2) is 29.2 Å². The summed E-state index contributed by atoms with van der Waals surface area (Å²) in [4.78, 5) is 12.0. The smallest absolute Gasteiger partial charge is 0.240 e. The summed E-state index contributed by atoms with van der Waals surface area (Å²) in [6.45, 7) is 0. The standard InChI is InChI=1S/C13H18N2O5S3/c1-14-23(19,20)12-4-2-10(3-5-12)15-13(16)8-21-11-6-7-22(17,18)9-11/h2-5,11,14H,6-9H2,1H3,(H,15,16)/t11-/m0/s1. The molecule has 2 N–H and O–H groups in total. The number of sulfonamides is 1. The Hall–Kier alpha value is -1.10. The zero-order valence-corrected chi connectivity index (χ0v) is 14.9. The SMILES string of the molecule is CNS(=O)(=O)c1ccc(NC(=O)CS[C@H]2CCS(=O)(=O)C2)cc1. The predicted molar refractivity (Wildman–Crippen MR) is 90.8 cm³/mol. The van der Waals surface area contributed by atoms with Crippen LogP contribution >= 0.6 is 11.8 Å². The second-order valence-electron chi connectivity index (χ2n) is 5.12. The van der Waals surface area contributed by atoms with Crippen LogP contribution in [0.2, 0.25) is 0 Å². The van der Waals surface area contributed by atoms with E-state index in [9.17, 15) is 21.6 Å².